The molecule has 1 aliphatic heterocycles. The summed E-state index contributed by atoms with van der Waals surface area (Å²) >= 11 is 0. The highest BCUT2D eigenvalue weighted by atomic mass is 16.2. The van der Waals surface area contributed by atoms with Crippen molar-refractivity contribution in [1.82, 2.24) is 9.78 Å². The van der Waals surface area contributed by atoms with Crippen LogP contribution in [0.1, 0.15) is 29.2 Å². The average Bonchev–Trinajstić information content (AvgIpc) is 3.19. The Morgan fingerprint density at radius 2 is 1.82 bits per heavy atom. The third-order valence-electron chi connectivity index (χ3n) is 5.04. The fourth-order valence-corrected chi connectivity index (χ4v) is 3.41. The lowest BCUT2D eigenvalue weighted by Gasteiger charge is -2.12. The number of nitrogens with one attached hydrogen (secondary N) is 2. The molecule has 2 N–H and O–H groups in total. The number of benzene rings is 2. The van der Waals surface area contributed by atoms with E-state index in [9.17, 15) is 9.59 Å². The molecular formula is C22H22N4O2. The number of rotatable bonds is 4. The van der Waals surface area contributed by atoms with E-state index in [1.165, 1.54) is 0 Å². The molecule has 6 heteroatoms. The van der Waals surface area contributed by atoms with Crippen LogP contribution in [0, 0.1) is 20.8 Å². The van der Waals surface area contributed by atoms with Crippen LogP contribution >= 0.6 is 0 Å². The Kier molecular flexibility index (Phi) is 4.47. The SMILES string of the molecule is Cc1ccc(-c2cnn3c2NC(=O)C3CC(=O)Nc2cc(C)ccc2C)cc1. The molecule has 1 atom stereocenters. The number of carbonyl (C=O) groups excluding carboxylic acids is 2. The molecule has 0 fully saturated rings. The molecule has 0 aliphatic carbocycles. The molecular weight excluding hydrogens is 352 g/mol. The molecule has 2 heterocycles. The molecule has 1 aliphatic rings. The van der Waals surface area contributed by atoms with Crippen LogP contribution in [0.5, 0.6) is 0 Å². The van der Waals surface area contributed by atoms with E-state index in [2.05, 4.69) is 15.7 Å². The minimum absolute atomic E-state index is 0.0290. The van der Waals surface area contributed by atoms with Gasteiger partial charge in [0.15, 0.2) is 0 Å². The summed E-state index contributed by atoms with van der Waals surface area (Å²) in [6, 6.07) is 13.3. The van der Waals surface area contributed by atoms with Crippen molar-refractivity contribution in [2.24, 2.45) is 0 Å². The predicted molar refractivity (Wildman–Crippen MR) is 109 cm³/mol. The molecule has 0 saturated heterocycles. The Hall–Kier alpha value is -3.41. The van der Waals surface area contributed by atoms with Crippen molar-refractivity contribution in [2.45, 2.75) is 33.2 Å². The topological polar surface area (TPSA) is 76.0 Å². The molecule has 0 saturated carbocycles. The monoisotopic (exact) mass is 374 g/mol. The van der Waals surface area contributed by atoms with E-state index >= 15 is 0 Å². The number of hydrogen-bond donors (Lipinski definition) is 2. The van der Waals surface area contributed by atoms with Gasteiger partial charge in [0.1, 0.15) is 11.9 Å². The third-order valence-corrected chi connectivity index (χ3v) is 5.04. The van der Waals surface area contributed by atoms with E-state index in [0.717, 1.165) is 33.5 Å². The average molecular weight is 374 g/mol. The fourth-order valence-electron chi connectivity index (χ4n) is 3.41. The fraction of sp³-hybridized carbons (Fsp3) is 0.227. The van der Waals surface area contributed by atoms with E-state index in [4.69, 9.17) is 0 Å². The standard InChI is InChI=1S/C22H22N4O2/c1-13-5-8-16(9-6-13)17-12-23-26-19(22(28)25-21(17)26)11-20(27)24-18-10-14(2)4-7-15(18)3/h4-10,12,19H,11H2,1-3H3,(H,24,27)(H,25,28). The van der Waals surface area contributed by atoms with Crippen LogP contribution < -0.4 is 10.6 Å². The van der Waals surface area contributed by atoms with E-state index in [0.29, 0.717) is 5.82 Å². The summed E-state index contributed by atoms with van der Waals surface area (Å²) in [5, 5.41) is 10.2. The van der Waals surface area contributed by atoms with Gasteiger partial charge in [0.25, 0.3) is 5.91 Å². The molecule has 0 bridgehead atoms. The molecule has 4 rings (SSSR count). The van der Waals surface area contributed by atoms with Crippen LogP contribution in [0.3, 0.4) is 0 Å². The van der Waals surface area contributed by atoms with Crippen LogP contribution in [0.25, 0.3) is 11.1 Å². The van der Waals surface area contributed by atoms with E-state index in [1.54, 1.807) is 10.9 Å². The lowest BCUT2D eigenvalue weighted by molar-refractivity contribution is -0.123. The molecule has 2 aromatic carbocycles. The number of anilines is 2. The van der Waals surface area contributed by atoms with Crippen LogP contribution in [0.15, 0.2) is 48.7 Å². The highest BCUT2D eigenvalue weighted by Crippen LogP contribution is 2.35. The Morgan fingerprint density at radius 1 is 1.11 bits per heavy atom. The maximum absolute atomic E-state index is 12.6. The van der Waals surface area contributed by atoms with Gasteiger partial charge < -0.3 is 10.6 Å². The minimum atomic E-state index is -0.653. The van der Waals surface area contributed by atoms with Gasteiger partial charge in [0.2, 0.25) is 5.91 Å². The lowest BCUT2D eigenvalue weighted by atomic mass is 10.1. The number of nitrogens with zero attached hydrogens (tertiary/aromatic N) is 2. The van der Waals surface area contributed by atoms with Crippen molar-refractivity contribution in [3.63, 3.8) is 0 Å². The maximum atomic E-state index is 12.6. The predicted octanol–water partition coefficient (Wildman–Crippen LogP) is 4.00. The van der Waals surface area contributed by atoms with Crippen LogP contribution in [-0.4, -0.2) is 21.6 Å². The third kappa shape index (κ3) is 3.29. The summed E-state index contributed by atoms with van der Waals surface area (Å²) in [5.74, 6) is 0.208. The van der Waals surface area contributed by atoms with Crippen LogP contribution in [-0.2, 0) is 9.59 Å². The van der Waals surface area contributed by atoms with Gasteiger partial charge in [-0.05, 0) is 43.5 Å². The van der Waals surface area contributed by atoms with Crippen molar-refractivity contribution < 1.29 is 9.59 Å². The smallest absolute Gasteiger partial charge is 0.251 e. The minimum Gasteiger partial charge on any atom is -0.326 e. The van der Waals surface area contributed by atoms with Crippen molar-refractivity contribution >= 4 is 23.3 Å². The van der Waals surface area contributed by atoms with Gasteiger partial charge in [-0.3, -0.25) is 9.59 Å². The summed E-state index contributed by atoms with van der Waals surface area (Å²) in [6.45, 7) is 5.94. The van der Waals surface area contributed by atoms with Gasteiger partial charge in [0, 0.05) is 11.3 Å². The number of aryl methyl sites for hydroxylation is 3. The van der Waals surface area contributed by atoms with Crippen molar-refractivity contribution in [1.29, 1.82) is 0 Å². The maximum Gasteiger partial charge on any atom is 0.251 e. The zero-order valence-corrected chi connectivity index (χ0v) is 16.1. The first-order valence-electron chi connectivity index (χ1n) is 9.25. The van der Waals surface area contributed by atoms with Crippen molar-refractivity contribution in [3.05, 3.63) is 65.4 Å². The number of carbonyl (C=O) groups is 2. The number of amides is 2. The molecule has 6 nitrogen and oxygen atoms in total. The Balaban J connectivity index is 1.54. The van der Waals surface area contributed by atoms with Gasteiger partial charge >= 0.3 is 0 Å². The zero-order chi connectivity index (χ0) is 19.8. The summed E-state index contributed by atoms with van der Waals surface area (Å²) < 4.78 is 1.61. The van der Waals surface area contributed by atoms with Gasteiger partial charge in [-0.1, -0.05) is 42.0 Å². The van der Waals surface area contributed by atoms with Crippen molar-refractivity contribution in [2.75, 3.05) is 10.6 Å². The van der Waals surface area contributed by atoms with E-state index < -0.39 is 6.04 Å². The molecule has 2 amide bonds. The normalized spacial score (nSPS) is 15.2. The van der Waals surface area contributed by atoms with Crippen molar-refractivity contribution in [3.8, 4) is 11.1 Å². The first-order valence-corrected chi connectivity index (χ1v) is 9.25. The molecule has 0 radical (unpaired) electrons. The van der Waals surface area contributed by atoms with E-state index in [1.807, 2.05) is 63.2 Å². The first kappa shape index (κ1) is 18.0. The second kappa shape index (κ2) is 6.96. The first-order chi connectivity index (χ1) is 13.4. The molecule has 28 heavy (non-hydrogen) atoms. The molecule has 0 spiro atoms. The highest BCUT2D eigenvalue weighted by molar-refractivity contribution is 6.04. The second-order valence-corrected chi connectivity index (χ2v) is 7.29. The van der Waals surface area contributed by atoms with Crippen LogP contribution in [0.4, 0.5) is 11.5 Å². The molecule has 142 valence electrons. The molecule has 3 aromatic rings. The number of aromatic nitrogens is 2. The van der Waals surface area contributed by atoms with Gasteiger partial charge in [-0.2, -0.15) is 5.10 Å². The Morgan fingerprint density at radius 3 is 2.57 bits per heavy atom. The summed E-state index contributed by atoms with van der Waals surface area (Å²) in [6.07, 6.45) is 1.76. The number of hydrogen-bond acceptors (Lipinski definition) is 3. The second-order valence-electron chi connectivity index (χ2n) is 7.29. The largest absolute Gasteiger partial charge is 0.326 e. The van der Waals surface area contributed by atoms with E-state index in [-0.39, 0.29) is 18.2 Å². The van der Waals surface area contributed by atoms with Gasteiger partial charge in [0.05, 0.1) is 12.6 Å². The highest BCUT2D eigenvalue weighted by Gasteiger charge is 2.35. The van der Waals surface area contributed by atoms with Gasteiger partial charge in [-0.15, -0.1) is 0 Å². The van der Waals surface area contributed by atoms with Gasteiger partial charge in [-0.25, -0.2) is 4.68 Å². The Labute approximate surface area is 163 Å². The zero-order valence-electron chi connectivity index (χ0n) is 16.1. The summed E-state index contributed by atoms with van der Waals surface area (Å²) in [5.41, 5.74) is 5.81. The number of fused-ring (bicyclic) bond motifs is 1. The summed E-state index contributed by atoms with van der Waals surface area (Å²) in [4.78, 5) is 25.1. The molecule has 1 unspecified atom stereocenters. The summed E-state index contributed by atoms with van der Waals surface area (Å²) in [7, 11) is 0. The lowest BCUT2D eigenvalue weighted by Crippen LogP contribution is -2.23. The van der Waals surface area contributed by atoms with Crippen LogP contribution in [0.2, 0.25) is 0 Å². The quantitative estimate of drug-likeness (QED) is 0.725. The molecule has 1 aromatic heterocycles. The Bertz CT molecular complexity index is 1070.